The lowest BCUT2D eigenvalue weighted by Gasteiger charge is -2.23. The normalized spacial score (nSPS) is 12.2. The van der Waals surface area contributed by atoms with Gasteiger partial charge in [-0.1, -0.05) is 0 Å². The third-order valence-corrected chi connectivity index (χ3v) is 2.26. The molecule has 0 aliphatic carbocycles. The van der Waals surface area contributed by atoms with Crippen molar-refractivity contribution in [2.75, 3.05) is 26.5 Å². The molecule has 0 aromatic carbocycles. The highest BCUT2D eigenvalue weighted by molar-refractivity contribution is 5.92. The number of likely N-dealkylation sites (N-methyl/N-ethyl adjacent to an activating group) is 1. The molecular formula is C10H16N4O2. The highest BCUT2D eigenvalue weighted by atomic mass is 16.5. The van der Waals surface area contributed by atoms with Crippen molar-refractivity contribution in [2.24, 2.45) is 0 Å². The van der Waals surface area contributed by atoms with E-state index in [0.29, 0.717) is 6.61 Å². The van der Waals surface area contributed by atoms with E-state index in [1.54, 1.807) is 19.1 Å². The summed E-state index contributed by atoms with van der Waals surface area (Å²) in [7, 11) is 3.28. The molecule has 0 aliphatic rings. The maximum atomic E-state index is 11.9. The second-order valence-corrected chi connectivity index (χ2v) is 3.55. The molecule has 88 valence electrons. The summed E-state index contributed by atoms with van der Waals surface area (Å²) in [5.74, 6) is 0.0167. The molecule has 1 aromatic heterocycles. The fourth-order valence-electron chi connectivity index (χ4n) is 1.22. The Morgan fingerprint density at radius 2 is 2.31 bits per heavy atom. The van der Waals surface area contributed by atoms with Gasteiger partial charge in [-0.25, -0.2) is 4.98 Å². The number of rotatable bonds is 4. The van der Waals surface area contributed by atoms with Crippen molar-refractivity contribution in [2.45, 2.75) is 13.0 Å². The van der Waals surface area contributed by atoms with Gasteiger partial charge in [0.2, 0.25) is 0 Å². The molecule has 0 bridgehead atoms. The summed E-state index contributed by atoms with van der Waals surface area (Å²) in [6.07, 6.45) is 2.80. The summed E-state index contributed by atoms with van der Waals surface area (Å²) in [5.41, 5.74) is 5.70. The van der Waals surface area contributed by atoms with E-state index in [9.17, 15) is 4.79 Å². The molecule has 1 amide bonds. The van der Waals surface area contributed by atoms with Gasteiger partial charge in [0.25, 0.3) is 5.91 Å². The van der Waals surface area contributed by atoms with Gasteiger partial charge in [0.15, 0.2) is 0 Å². The summed E-state index contributed by atoms with van der Waals surface area (Å²) < 4.78 is 4.98. The zero-order valence-electron chi connectivity index (χ0n) is 9.67. The Labute approximate surface area is 94.4 Å². The summed E-state index contributed by atoms with van der Waals surface area (Å²) in [4.78, 5) is 21.2. The van der Waals surface area contributed by atoms with Gasteiger partial charge in [-0.15, -0.1) is 0 Å². The SMILES string of the molecule is COCC(C)N(C)C(=O)c1cncc(N)n1. The summed E-state index contributed by atoms with van der Waals surface area (Å²) in [5, 5.41) is 0. The molecule has 1 atom stereocenters. The fraction of sp³-hybridized carbons (Fsp3) is 0.500. The number of hydrogen-bond donors (Lipinski definition) is 1. The van der Waals surface area contributed by atoms with Crippen molar-refractivity contribution < 1.29 is 9.53 Å². The van der Waals surface area contributed by atoms with Gasteiger partial charge in [0, 0.05) is 14.2 Å². The Hall–Kier alpha value is -1.69. The second kappa shape index (κ2) is 5.41. The molecule has 0 saturated heterocycles. The first-order chi connectivity index (χ1) is 7.56. The van der Waals surface area contributed by atoms with Crippen LogP contribution in [0, 0.1) is 0 Å². The minimum atomic E-state index is -0.218. The van der Waals surface area contributed by atoms with Gasteiger partial charge in [0.05, 0.1) is 25.0 Å². The number of ether oxygens (including phenoxy) is 1. The van der Waals surface area contributed by atoms with Crippen molar-refractivity contribution in [3.05, 3.63) is 18.1 Å². The molecule has 0 spiro atoms. The molecular weight excluding hydrogens is 208 g/mol. The van der Waals surface area contributed by atoms with E-state index in [2.05, 4.69) is 9.97 Å². The predicted molar refractivity (Wildman–Crippen MR) is 59.9 cm³/mol. The largest absolute Gasteiger partial charge is 0.383 e. The van der Waals surface area contributed by atoms with Crippen LogP contribution in [0.5, 0.6) is 0 Å². The van der Waals surface area contributed by atoms with Crippen molar-refractivity contribution >= 4 is 11.7 Å². The zero-order valence-corrected chi connectivity index (χ0v) is 9.67. The van der Waals surface area contributed by atoms with Crippen LogP contribution in [-0.2, 0) is 4.74 Å². The molecule has 2 N–H and O–H groups in total. The van der Waals surface area contributed by atoms with E-state index in [-0.39, 0.29) is 23.5 Å². The molecule has 0 aliphatic heterocycles. The van der Waals surface area contributed by atoms with Gasteiger partial charge in [-0.05, 0) is 6.92 Å². The predicted octanol–water partition coefficient (Wildman–Crippen LogP) is 0.166. The van der Waals surface area contributed by atoms with Gasteiger partial charge in [-0.2, -0.15) is 0 Å². The Morgan fingerprint density at radius 3 is 2.88 bits per heavy atom. The lowest BCUT2D eigenvalue weighted by Crippen LogP contribution is -2.38. The lowest BCUT2D eigenvalue weighted by atomic mass is 10.3. The number of anilines is 1. The number of nitrogens with zero attached hydrogens (tertiary/aromatic N) is 3. The van der Waals surface area contributed by atoms with E-state index in [1.807, 2.05) is 6.92 Å². The first-order valence-electron chi connectivity index (χ1n) is 4.90. The van der Waals surface area contributed by atoms with E-state index >= 15 is 0 Å². The van der Waals surface area contributed by atoms with E-state index in [1.165, 1.54) is 12.4 Å². The molecule has 1 unspecified atom stereocenters. The van der Waals surface area contributed by atoms with E-state index in [4.69, 9.17) is 10.5 Å². The fourth-order valence-corrected chi connectivity index (χ4v) is 1.22. The number of nitrogen functional groups attached to an aromatic ring is 1. The number of carbonyl (C=O) groups is 1. The van der Waals surface area contributed by atoms with Crippen LogP contribution in [0.25, 0.3) is 0 Å². The zero-order chi connectivity index (χ0) is 12.1. The second-order valence-electron chi connectivity index (χ2n) is 3.55. The van der Waals surface area contributed by atoms with Crippen molar-refractivity contribution in [3.63, 3.8) is 0 Å². The number of amides is 1. The Morgan fingerprint density at radius 1 is 1.62 bits per heavy atom. The third-order valence-electron chi connectivity index (χ3n) is 2.26. The number of methoxy groups -OCH3 is 1. The van der Waals surface area contributed by atoms with Gasteiger partial charge in [0.1, 0.15) is 11.5 Å². The van der Waals surface area contributed by atoms with Crippen LogP contribution in [0.4, 0.5) is 5.82 Å². The van der Waals surface area contributed by atoms with E-state index in [0.717, 1.165) is 0 Å². The van der Waals surface area contributed by atoms with Crippen molar-refractivity contribution in [1.82, 2.24) is 14.9 Å². The topological polar surface area (TPSA) is 81.3 Å². The summed E-state index contributed by atoms with van der Waals surface area (Å²) in [6.45, 7) is 2.36. The molecule has 1 heterocycles. The number of aromatic nitrogens is 2. The molecule has 0 radical (unpaired) electrons. The van der Waals surface area contributed by atoms with Gasteiger partial charge >= 0.3 is 0 Å². The number of hydrogen-bond acceptors (Lipinski definition) is 5. The molecule has 0 fully saturated rings. The Kier molecular flexibility index (Phi) is 4.19. The van der Waals surface area contributed by atoms with Crippen LogP contribution in [-0.4, -0.2) is 47.6 Å². The first-order valence-corrected chi connectivity index (χ1v) is 4.90. The van der Waals surface area contributed by atoms with Crippen molar-refractivity contribution in [1.29, 1.82) is 0 Å². The van der Waals surface area contributed by atoms with Gasteiger partial charge < -0.3 is 15.4 Å². The minimum absolute atomic E-state index is 0.0271. The van der Waals surface area contributed by atoms with Crippen LogP contribution >= 0.6 is 0 Å². The monoisotopic (exact) mass is 224 g/mol. The molecule has 16 heavy (non-hydrogen) atoms. The lowest BCUT2D eigenvalue weighted by molar-refractivity contribution is 0.0627. The van der Waals surface area contributed by atoms with Crippen LogP contribution < -0.4 is 5.73 Å². The summed E-state index contributed by atoms with van der Waals surface area (Å²) >= 11 is 0. The highest BCUT2D eigenvalue weighted by Crippen LogP contribution is 2.05. The smallest absolute Gasteiger partial charge is 0.274 e. The number of nitrogens with two attached hydrogens (primary N) is 1. The van der Waals surface area contributed by atoms with Crippen LogP contribution in [0.1, 0.15) is 17.4 Å². The van der Waals surface area contributed by atoms with Crippen LogP contribution in [0.15, 0.2) is 12.4 Å². The minimum Gasteiger partial charge on any atom is -0.383 e. The molecule has 6 nitrogen and oxygen atoms in total. The van der Waals surface area contributed by atoms with Crippen LogP contribution in [0.2, 0.25) is 0 Å². The van der Waals surface area contributed by atoms with Crippen LogP contribution in [0.3, 0.4) is 0 Å². The first kappa shape index (κ1) is 12.4. The molecule has 1 aromatic rings. The molecule has 0 saturated carbocycles. The maximum Gasteiger partial charge on any atom is 0.274 e. The number of carbonyl (C=O) groups excluding carboxylic acids is 1. The third kappa shape index (κ3) is 2.90. The van der Waals surface area contributed by atoms with Crippen molar-refractivity contribution in [3.8, 4) is 0 Å². The molecule has 1 rings (SSSR count). The maximum absolute atomic E-state index is 11.9. The Balaban J connectivity index is 2.77. The standard InChI is InChI=1S/C10H16N4O2/c1-7(6-16-3)14(2)10(15)8-4-12-5-9(11)13-8/h4-5,7H,6H2,1-3H3,(H2,11,13). The average molecular weight is 224 g/mol. The van der Waals surface area contributed by atoms with Gasteiger partial charge in [-0.3, -0.25) is 9.78 Å². The van der Waals surface area contributed by atoms with E-state index < -0.39 is 0 Å². The molecule has 6 heteroatoms. The highest BCUT2D eigenvalue weighted by Gasteiger charge is 2.18. The summed E-state index contributed by atoms with van der Waals surface area (Å²) in [6, 6.07) is -0.0271. The quantitative estimate of drug-likeness (QED) is 0.788. The average Bonchev–Trinajstić information content (AvgIpc) is 2.27. The Bertz CT molecular complexity index is 370.